The summed E-state index contributed by atoms with van der Waals surface area (Å²) < 4.78 is 60.2. The van der Waals surface area contributed by atoms with Gasteiger partial charge in [0.15, 0.2) is 11.1 Å². The Bertz CT molecular complexity index is 714. The van der Waals surface area contributed by atoms with Gasteiger partial charge in [-0.2, -0.15) is 13.2 Å². The number of alkyl halides is 3. The normalized spacial score (nSPS) is 13.2. The molecule has 0 saturated heterocycles. The van der Waals surface area contributed by atoms with Crippen LogP contribution in [-0.2, 0) is 17.3 Å². The van der Waals surface area contributed by atoms with Crippen LogP contribution in [0.1, 0.15) is 11.1 Å². The van der Waals surface area contributed by atoms with E-state index in [1.807, 2.05) is 0 Å². The van der Waals surface area contributed by atoms with E-state index in [1.54, 1.807) is 6.92 Å². The molecule has 0 radical (unpaired) electrons. The second-order valence-corrected chi connectivity index (χ2v) is 5.76. The molecule has 1 unspecified atom stereocenters. The van der Waals surface area contributed by atoms with Crippen molar-refractivity contribution >= 4 is 22.7 Å². The molecule has 2 nitrogen and oxygen atoms in total. The maximum absolute atomic E-state index is 13.2. The molecule has 0 spiro atoms. The van der Waals surface area contributed by atoms with Crippen molar-refractivity contribution < 1.29 is 21.9 Å². The smallest absolute Gasteiger partial charge is 0.302 e. The SMILES string of the molecule is Cc1cc(Cl)ccc1-c1c(S(=O)O)cccc1C(F)(F)F. The zero-order valence-corrected chi connectivity index (χ0v) is 12.3. The van der Waals surface area contributed by atoms with E-state index in [0.29, 0.717) is 10.6 Å². The highest BCUT2D eigenvalue weighted by Gasteiger charge is 2.35. The predicted octanol–water partition coefficient (Wildman–Crippen LogP) is 4.91. The second kappa shape index (κ2) is 5.79. The first-order valence-electron chi connectivity index (χ1n) is 5.79. The molecule has 0 saturated carbocycles. The summed E-state index contributed by atoms with van der Waals surface area (Å²) in [6, 6.07) is 7.57. The van der Waals surface area contributed by atoms with Gasteiger partial charge in [-0.3, -0.25) is 0 Å². The molecule has 0 aliphatic heterocycles. The van der Waals surface area contributed by atoms with Gasteiger partial charge in [-0.05, 0) is 42.3 Å². The van der Waals surface area contributed by atoms with E-state index in [-0.39, 0.29) is 16.0 Å². The fourth-order valence-electron chi connectivity index (χ4n) is 2.10. The Kier molecular flexibility index (Phi) is 4.41. The largest absolute Gasteiger partial charge is 0.417 e. The van der Waals surface area contributed by atoms with Crippen molar-refractivity contribution in [1.29, 1.82) is 0 Å². The predicted molar refractivity (Wildman–Crippen MR) is 75.7 cm³/mol. The molecule has 0 aliphatic carbocycles. The molecule has 7 heteroatoms. The van der Waals surface area contributed by atoms with Crippen LogP contribution in [0, 0.1) is 6.92 Å². The van der Waals surface area contributed by atoms with Crippen LogP contribution < -0.4 is 0 Å². The van der Waals surface area contributed by atoms with Gasteiger partial charge in [-0.15, -0.1) is 0 Å². The van der Waals surface area contributed by atoms with E-state index < -0.39 is 22.8 Å². The fourth-order valence-corrected chi connectivity index (χ4v) is 2.91. The quantitative estimate of drug-likeness (QED) is 0.792. The third kappa shape index (κ3) is 3.28. The highest BCUT2D eigenvalue weighted by Crippen LogP contribution is 2.41. The summed E-state index contributed by atoms with van der Waals surface area (Å²) in [5.74, 6) is 0. The van der Waals surface area contributed by atoms with E-state index in [4.69, 9.17) is 11.6 Å². The summed E-state index contributed by atoms with van der Waals surface area (Å²) >= 11 is 3.27. The molecule has 0 fully saturated rings. The van der Waals surface area contributed by atoms with Gasteiger partial charge in [0, 0.05) is 10.6 Å². The van der Waals surface area contributed by atoms with E-state index in [9.17, 15) is 21.9 Å². The second-order valence-electron chi connectivity index (χ2n) is 4.38. The standard InChI is InChI=1S/C14H10ClF3O2S/c1-8-7-9(15)5-6-10(8)13-11(14(16,17)18)3-2-4-12(13)21(19)20/h2-7H,1H3,(H,19,20). The zero-order valence-electron chi connectivity index (χ0n) is 10.7. The van der Waals surface area contributed by atoms with Gasteiger partial charge in [-0.25, -0.2) is 4.21 Å². The molecule has 1 atom stereocenters. The molecule has 112 valence electrons. The number of hydrogen-bond donors (Lipinski definition) is 1. The molecule has 0 aliphatic rings. The van der Waals surface area contributed by atoms with E-state index in [1.165, 1.54) is 24.3 Å². The van der Waals surface area contributed by atoms with E-state index in [0.717, 1.165) is 12.1 Å². The lowest BCUT2D eigenvalue weighted by Gasteiger charge is -2.17. The molecule has 21 heavy (non-hydrogen) atoms. The third-order valence-corrected chi connectivity index (χ3v) is 3.93. The molecule has 2 aromatic carbocycles. The maximum atomic E-state index is 13.2. The summed E-state index contributed by atoms with van der Waals surface area (Å²) in [4.78, 5) is -0.282. The zero-order chi connectivity index (χ0) is 15.8. The average Bonchev–Trinajstić information content (AvgIpc) is 2.36. The fraction of sp³-hybridized carbons (Fsp3) is 0.143. The molecule has 1 N–H and O–H groups in total. The average molecular weight is 335 g/mol. The minimum atomic E-state index is -4.63. The molecule has 2 rings (SSSR count). The lowest BCUT2D eigenvalue weighted by atomic mass is 9.95. The van der Waals surface area contributed by atoms with Crippen LogP contribution in [0.3, 0.4) is 0 Å². The summed E-state index contributed by atoms with van der Waals surface area (Å²) in [5.41, 5.74) is -0.525. The van der Waals surface area contributed by atoms with Crippen molar-refractivity contribution in [2.75, 3.05) is 0 Å². The van der Waals surface area contributed by atoms with Crippen molar-refractivity contribution in [3.8, 4) is 11.1 Å². The molecule has 0 bridgehead atoms. The molecule has 0 aromatic heterocycles. The molecular formula is C14H10ClF3O2S. The van der Waals surface area contributed by atoms with Gasteiger partial charge in [0.1, 0.15) is 0 Å². The van der Waals surface area contributed by atoms with Crippen molar-refractivity contribution in [3.63, 3.8) is 0 Å². The van der Waals surface area contributed by atoms with Crippen molar-refractivity contribution in [1.82, 2.24) is 0 Å². The number of halogens is 4. The summed E-state index contributed by atoms with van der Waals surface area (Å²) in [5, 5.41) is 0.382. The number of benzene rings is 2. The lowest BCUT2D eigenvalue weighted by Crippen LogP contribution is -2.10. The maximum Gasteiger partial charge on any atom is 0.417 e. The minimum absolute atomic E-state index is 0.227. The van der Waals surface area contributed by atoms with Crippen LogP contribution in [0.25, 0.3) is 11.1 Å². The van der Waals surface area contributed by atoms with Crippen LogP contribution in [0.5, 0.6) is 0 Å². The molecule has 0 heterocycles. The Balaban J connectivity index is 2.84. The van der Waals surface area contributed by atoms with Crippen LogP contribution in [-0.4, -0.2) is 8.76 Å². The van der Waals surface area contributed by atoms with E-state index in [2.05, 4.69) is 0 Å². The molecule has 2 aromatic rings. The highest BCUT2D eigenvalue weighted by atomic mass is 35.5. The Morgan fingerprint density at radius 1 is 1.19 bits per heavy atom. The van der Waals surface area contributed by atoms with Gasteiger partial charge >= 0.3 is 6.18 Å². The highest BCUT2D eigenvalue weighted by molar-refractivity contribution is 7.79. The third-order valence-electron chi connectivity index (χ3n) is 2.98. The molecule has 0 amide bonds. The first-order chi connectivity index (χ1) is 9.71. The number of rotatable bonds is 2. The van der Waals surface area contributed by atoms with Gasteiger partial charge in [0.05, 0.1) is 10.5 Å². The van der Waals surface area contributed by atoms with Crippen LogP contribution in [0.4, 0.5) is 13.2 Å². The Morgan fingerprint density at radius 3 is 2.38 bits per heavy atom. The van der Waals surface area contributed by atoms with Gasteiger partial charge in [0.25, 0.3) is 0 Å². The minimum Gasteiger partial charge on any atom is -0.302 e. The Labute approximate surface area is 126 Å². The number of hydrogen-bond acceptors (Lipinski definition) is 1. The van der Waals surface area contributed by atoms with Crippen LogP contribution in [0.15, 0.2) is 41.3 Å². The van der Waals surface area contributed by atoms with Gasteiger partial charge in [0.2, 0.25) is 0 Å². The topological polar surface area (TPSA) is 37.3 Å². The van der Waals surface area contributed by atoms with E-state index >= 15 is 0 Å². The summed E-state index contributed by atoms with van der Waals surface area (Å²) in [6.45, 7) is 1.60. The monoisotopic (exact) mass is 334 g/mol. The number of aryl methyl sites for hydroxylation is 1. The Morgan fingerprint density at radius 2 is 1.86 bits per heavy atom. The van der Waals surface area contributed by atoms with Crippen molar-refractivity contribution in [2.45, 2.75) is 18.0 Å². The first kappa shape index (κ1) is 16.0. The Hall–Kier alpha value is -1.37. The lowest BCUT2D eigenvalue weighted by molar-refractivity contribution is -0.137. The first-order valence-corrected chi connectivity index (χ1v) is 7.28. The summed E-state index contributed by atoms with van der Waals surface area (Å²) in [6.07, 6.45) is -4.63. The van der Waals surface area contributed by atoms with Crippen molar-refractivity contribution in [2.24, 2.45) is 0 Å². The van der Waals surface area contributed by atoms with Gasteiger partial charge in [-0.1, -0.05) is 23.7 Å². The van der Waals surface area contributed by atoms with Crippen molar-refractivity contribution in [3.05, 3.63) is 52.5 Å². The summed E-state index contributed by atoms with van der Waals surface area (Å²) in [7, 11) is 0. The van der Waals surface area contributed by atoms with Crippen LogP contribution >= 0.6 is 11.6 Å². The molecular weight excluding hydrogens is 325 g/mol. The van der Waals surface area contributed by atoms with Crippen LogP contribution in [0.2, 0.25) is 5.02 Å². The van der Waals surface area contributed by atoms with Gasteiger partial charge < -0.3 is 4.55 Å².